The molecule has 2 aromatic carbocycles. The molecule has 4 nitrogen and oxygen atoms in total. The molecule has 1 heterocycles. The van der Waals surface area contributed by atoms with Crippen molar-refractivity contribution in [2.24, 2.45) is 5.92 Å². The third-order valence-corrected chi connectivity index (χ3v) is 9.29. The molecule has 0 unspecified atom stereocenters. The summed E-state index contributed by atoms with van der Waals surface area (Å²) in [5, 5.41) is 3.13. The molecule has 1 aliphatic heterocycles. The van der Waals surface area contributed by atoms with Gasteiger partial charge in [0.25, 0.3) is 0 Å². The van der Waals surface area contributed by atoms with Crippen LogP contribution < -0.4 is 10.1 Å². The molecule has 0 amide bonds. The summed E-state index contributed by atoms with van der Waals surface area (Å²) in [7, 11) is -4.27. The van der Waals surface area contributed by atoms with Crippen LogP contribution in [-0.2, 0) is 14.6 Å². The number of sulfone groups is 1. The lowest BCUT2D eigenvalue weighted by Crippen LogP contribution is -2.55. The van der Waals surface area contributed by atoms with Gasteiger partial charge in [-0.3, -0.25) is 0 Å². The van der Waals surface area contributed by atoms with E-state index in [9.17, 15) is 26.0 Å². The van der Waals surface area contributed by atoms with Crippen molar-refractivity contribution in [2.45, 2.75) is 47.5 Å². The Balaban J connectivity index is 1.77. The van der Waals surface area contributed by atoms with Crippen molar-refractivity contribution in [3.8, 4) is 5.75 Å². The summed E-state index contributed by atoms with van der Waals surface area (Å²) in [6, 6.07) is 6.73. The average molecular weight is 510 g/mol. The van der Waals surface area contributed by atoms with Crippen LogP contribution in [0.1, 0.15) is 31.2 Å². The molecule has 1 aliphatic carbocycles. The van der Waals surface area contributed by atoms with Crippen LogP contribution in [0.4, 0.5) is 22.0 Å². The molecule has 4 rings (SSSR count). The number of halogens is 6. The summed E-state index contributed by atoms with van der Waals surface area (Å²) in [4.78, 5) is -0.100. The first kappa shape index (κ1) is 24.2. The van der Waals surface area contributed by atoms with Crippen molar-refractivity contribution in [1.29, 1.82) is 0 Å². The topological polar surface area (TPSA) is 55.4 Å². The Hall–Kier alpha value is -1.91. The number of hydrogen-bond acceptors (Lipinski definition) is 4. The zero-order valence-electron chi connectivity index (χ0n) is 17.3. The van der Waals surface area contributed by atoms with E-state index in [0.29, 0.717) is 5.02 Å². The second-order valence-electron chi connectivity index (χ2n) is 8.38. The van der Waals surface area contributed by atoms with Crippen molar-refractivity contribution < 1.29 is 35.1 Å². The molecule has 2 aromatic rings. The van der Waals surface area contributed by atoms with Crippen LogP contribution >= 0.6 is 11.6 Å². The highest BCUT2D eigenvalue weighted by atomic mass is 35.5. The molecule has 0 radical (unpaired) electrons. The maximum atomic E-state index is 15.1. The van der Waals surface area contributed by atoms with Gasteiger partial charge in [0.1, 0.15) is 10.6 Å². The smallest absolute Gasteiger partial charge is 0.390 e. The molecule has 0 saturated heterocycles. The number of alkyl halides is 3. The number of rotatable bonds is 5. The summed E-state index contributed by atoms with van der Waals surface area (Å²) in [6.45, 7) is -0.532. The minimum absolute atomic E-state index is 0.100. The Bertz CT molecular complexity index is 1140. The predicted octanol–water partition coefficient (Wildman–Crippen LogP) is 5.39. The van der Waals surface area contributed by atoms with Crippen LogP contribution in [0.3, 0.4) is 0 Å². The highest BCUT2D eigenvalue weighted by molar-refractivity contribution is 7.92. The van der Waals surface area contributed by atoms with Gasteiger partial charge in [0.05, 0.1) is 23.5 Å². The quantitative estimate of drug-likeness (QED) is 0.549. The second-order valence-corrected chi connectivity index (χ2v) is 11.0. The Morgan fingerprint density at radius 2 is 1.76 bits per heavy atom. The SMILES string of the molecule is O=S(=O)(c1ccc(Cl)cc1)[C@@]12CC[C@@H](NCCC(F)(F)F)C[C@@H]1COc1c(F)ccc(F)c12. The van der Waals surface area contributed by atoms with Gasteiger partial charge in [-0.05, 0) is 55.7 Å². The highest BCUT2D eigenvalue weighted by Crippen LogP contribution is 2.56. The Kier molecular flexibility index (Phi) is 6.39. The van der Waals surface area contributed by atoms with Crippen LogP contribution in [0.15, 0.2) is 41.3 Å². The van der Waals surface area contributed by atoms with Gasteiger partial charge >= 0.3 is 6.18 Å². The van der Waals surface area contributed by atoms with Crippen molar-refractivity contribution >= 4 is 21.4 Å². The van der Waals surface area contributed by atoms with Crippen molar-refractivity contribution in [3.05, 3.63) is 58.6 Å². The Morgan fingerprint density at radius 1 is 1.09 bits per heavy atom. The largest absolute Gasteiger partial charge is 0.490 e. The van der Waals surface area contributed by atoms with E-state index in [1.54, 1.807) is 0 Å². The van der Waals surface area contributed by atoms with Crippen LogP contribution in [-0.4, -0.2) is 33.8 Å². The third-order valence-electron chi connectivity index (χ3n) is 6.45. The van der Waals surface area contributed by atoms with Gasteiger partial charge in [-0.1, -0.05) is 11.6 Å². The number of hydrogen-bond donors (Lipinski definition) is 1. The molecule has 3 atom stereocenters. The van der Waals surface area contributed by atoms with Crippen LogP contribution in [0.2, 0.25) is 5.02 Å². The maximum absolute atomic E-state index is 15.1. The van der Waals surface area contributed by atoms with E-state index in [4.69, 9.17) is 16.3 Å². The van der Waals surface area contributed by atoms with Crippen molar-refractivity contribution in [1.82, 2.24) is 5.32 Å². The first-order valence-corrected chi connectivity index (χ1v) is 12.2. The molecule has 0 spiro atoms. The third kappa shape index (κ3) is 4.33. The van der Waals surface area contributed by atoms with Gasteiger partial charge in [0.2, 0.25) is 0 Å². The molecule has 0 aromatic heterocycles. The minimum Gasteiger partial charge on any atom is -0.490 e. The molecule has 11 heteroatoms. The summed E-state index contributed by atoms with van der Waals surface area (Å²) >= 11 is 5.90. The molecule has 180 valence electrons. The van der Waals surface area contributed by atoms with Crippen LogP contribution in [0.25, 0.3) is 0 Å². The summed E-state index contributed by atoms with van der Waals surface area (Å²) in [6.07, 6.45) is -5.17. The van der Waals surface area contributed by atoms with E-state index in [1.165, 1.54) is 24.3 Å². The fourth-order valence-electron chi connectivity index (χ4n) is 4.94. The monoisotopic (exact) mass is 509 g/mol. The van der Waals surface area contributed by atoms with E-state index < -0.39 is 56.5 Å². The van der Waals surface area contributed by atoms with Gasteiger partial charge in [0.15, 0.2) is 21.4 Å². The van der Waals surface area contributed by atoms with Gasteiger partial charge in [-0.15, -0.1) is 0 Å². The van der Waals surface area contributed by atoms with Crippen LogP contribution in [0, 0.1) is 17.6 Å². The summed E-state index contributed by atoms with van der Waals surface area (Å²) in [5.74, 6) is -3.02. The van der Waals surface area contributed by atoms with Gasteiger partial charge in [0, 0.05) is 23.5 Å². The number of nitrogens with one attached hydrogen (secondary N) is 1. The maximum Gasteiger partial charge on any atom is 0.390 e. The average Bonchev–Trinajstić information content (AvgIpc) is 2.75. The molecule has 1 saturated carbocycles. The molecular formula is C22H21ClF5NO3S. The number of benzene rings is 2. The van der Waals surface area contributed by atoms with E-state index in [0.717, 1.165) is 12.1 Å². The minimum atomic E-state index is -4.32. The lowest BCUT2D eigenvalue weighted by molar-refractivity contribution is -0.133. The molecular weight excluding hydrogens is 489 g/mol. The zero-order valence-corrected chi connectivity index (χ0v) is 18.8. The first-order valence-electron chi connectivity index (χ1n) is 10.4. The lowest BCUT2D eigenvalue weighted by Gasteiger charge is -2.49. The van der Waals surface area contributed by atoms with E-state index in [1.807, 2.05) is 0 Å². The van der Waals surface area contributed by atoms with Gasteiger partial charge < -0.3 is 10.1 Å². The van der Waals surface area contributed by atoms with E-state index in [-0.39, 0.29) is 42.9 Å². The molecule has 0 bridgehead atoms. The number of fused-ring (bicyclic) bond motifs is 3. The lowest BCUT2D eigenvalue weighted by atomic mass is 9.71. The summed E-state index contributed by atoms with van der Waals surface area (Å²) < 4.78 is 98.9. The fourth-order valence-corrected chi connectivity index (χ4v) is 7.43. The first-order chi connectivity index (χ1) is 15.5. The van der Waals surface area contributed by atoms with Crippen molar-refractivity contribution in [3.63, 3.8) is 0 Å². The normalized spacial score (nSPS) is 25.2. The van der Waals surface area contributed by atoms with E-state index >= 15 is 4.39 Å². The van der Waals surface area contributed by atoms with Crippen LogP contribution in [0.5, 0.6) is 5.75 Å². The Labute approximate surface area is 193 Å². The van der Waals surface area contributed by atoms with Gasteiger partial charge in [-0.25, -0.2) is 17.2 Å². The Morgan fingerprint density at radius 3 is 2.42 bits per heavy atom. The fraction of sp³-hybridized carbons (Fsp3) is 0.455. The zero-order chi connectivity index (χ0) is 24.0. The molecule has 1 fully saturated rings. The summed E-state index contributed by atoms with van der Waals surface area (Å²) in [5.41, 5.74) is -0.359. The predicted molar refractivity (Wildman–Crippen MR) is 112 cm³/mol. The van der Waals surface area contributed by atoms with E-state index in [2.05, 4.69) is 5.32 Å². The molecule has 1 N–H and O–H groups in total. The van der Waals surface area contributed by atoms with Crippen molar-refractivity contribution in [2.75, 3.05) is 13.2 Å². The number of ether oxygens (including phenoxy) is 1. The van der Waals surface area contributed by atoms with Gasteiger partial charge in [-0.2, -0.15) is 13.2 Å². The standard InChI is InChI=1S/C22H21ClF5NO3S/c23-14-1-3-16(4-2-14)33(30,31)21-8-7-15(29-10-9-22(26,27)28)11-13(21)12-32-20-18(25)6-5-17(24)19(20)21/h1-6,13,15,29H,7-12H2/t13-,15-,21+/m1/s1. The highest BCUT2D eigenvalue weighted by Gasteiger charge is 2.59. The second kappa shape index (κ2) is 8.70. The molecule has 2 aliphatic rings. The molecule has 33 heavy (non-hydrogen) atoms.